The fourth-order valence-electron chi connectivity index (χ4n) is 4.24. The molecule has 0 radical (unpaired) electrons. The van der Waals surface area contributed by atoms with Crippen molar-refractivity contribution in [3.63, 3.8) is 0 Å². The van der Waals surface area contributed by atoms with E-state index >= 15 is 0 Å². The first-order valence-electron chi connectivity index (χ1n) is 9.90. The van der Waals surface area contributed by atoms with Crippen LogP contribution in [0.25, 0.3) is 0 Å². The van der Waals surface area contributed by atoms with Crippen molar-refractivity contribution in [1.29, 1.82) is 0 Å². The Morgan fingerprint density at radius 1 is 1.08 bits per heavy atom. The molecule has 3 rings (SSSR count). The average Bonchev–Trinajstić information content (AvgIpc) is 2.99. The second kappa shape index (κ2) is 8.22. The molecule has 4 heteroatoms. The zero-order valence-corrected chi connectivity index (χ0v) is 15.7. The van der Waals surface area contributed by atoms with E-state index in [1.165, 1.54) is 5.69 Å². The van der Waals surface area contributed by atoms with Gasteiger partial charge >= 0.3 is 5.97 Å². The van der Waals surface area contributed by atoms with Crippen LogP contribution < -0.4 is 4.90 Å². The van der Waals surface area contributed by atoms with Gasteiger partial charge in [-0.1, -0.05) is 32.0 Å². The van der Waals surface area contributed by atoms with Gasteiger partial charge in [0, 0.05) is 38.3 Å². The first-order chi connectivity index (χ1) is 12.2. The van der Waals surface area contributed by atoms with Crippen LogP contribution in [-0.2, 0) is 9.53 Å². The van der Waals surface area contributed by atoms with Crippen molar-refractivity contribution in [1.82, 2.24) is 4.90 Å². The third kappa shape index (κ3) is 4.17. The number of ether oxygens (including phenoxy) is 1. The van der Waals surface area contributed by atoms with Crippen LogP contribution in [0, 0.1) is 5.41 Å². The van der Waals surface area contributed by atoms with Crippen LogP contribution in [0.2, 0.25) is 0 Å². The molecule has 0 aliphatic carbocycles. The normalized spacial score (nSPS) is 23.7. The Morgan fingerprint density at radius 3 is 2.36 bits per heavy atom. The summed E-state index contributed by atoms with van der Waals surface area (Å²) in [5, 5.41) is 0. The second-order valence-corrected chi connectivity index (χ2v) is 7.53. The highest BCUT2D eigenvalue weighted by Gasteiger charge is 2.45. The third-order valence-electron chi connectivity index (χ3n) is 6.17. The molecule has 0 aromatic heterocycles. The Kier molecular flexibility index (Phi) is 6.00. The van der Waals surface area contributed by atoms with E-state index in [-0.39, 0.29) is 17.5 Å². The van der Waals surface area contributed by atoms with Gasteiger partial charge in [-0.25, -0.2) is 0 Å². The number of para-hydroxylation sites is 1. The van der Waals surface area contributed by atoms with Crippen LogP contribution in [0.4, 0.5) is 5.69 Å². The molecule has 1 aromatic carbocycles. The molecule has 138 valence electrons. The smallest absolute Gasteiger partial charge is 0.312 e. The lowest BCUT2D eigenvalue weighted by Crippen LogP contribution is -2.46. The van der Waals surface area contributed by atoms with E-state index in [1.807, 2.05) is 0 Å². The maximum absolute atomic E-state index is 12.2. The molecule has 1 unspecified atom stereocenters. The van der Waals surface area contributed by atoms with Crippen molar-refractivity contribution in [2.24, 2.45) is 5.41 Å². The molecule has 4 nitrogen and oxygen atoms in total. The zero-order valence-electron chi connectivity index (χ0n) is 15.7. The molecule has 2 heterocycles. The molecule has 2 fully saturated rings. The summed E-state index contributed by atoms with van der Waals surface area (Å²) in [4.78, 5) is 17.2. The molecule has 2 aliphatic rings. The number of cyclic esters (lactones) is 1. The highest BCUT2D eigenvalue weighted by atomic mass is 16.6. The number of hydrogen-bond acceptors (Lipinski definition) is 4. The summed E-state index contributed by atoms with van der Waals surface area (Å²) >= 11 is 0. The maximum atomic E-state index is 12.2. The number of benzene rings is 1. The lowest BCUT2D eigenvalue weighted by molar-refractivity contribution is -0.149. The van der Waals surface area contributed by atoms with Crippen molar-refractivity contribution in [2.45, 2.75) is 52.1 Å². The van der Waals surface area contributed by atoms with Crippen molar-refractivity contribution >= 4 is 11.7 Å². The van der Waals surface area contributed by atoms with Gasteiger partial charge in [0.1, 0.15) is 6.10 Å². The number of carbonyl (C=O) groups is 1. The van der Waals surface area contributed by atoms with Gasteiger partial charge in [-0.05, 0) is 44.4 Å². The molecule has 0 amide bonds. The van der Waals surface area contributed by atoms with Crippen LogP contribution in [0.3, 0.4) is 0 Å². The first-order valence-corrected chi connectivity index (χ1v) is 9.90. The average molecular weight is 344 g/mol. The number of esters is 1. The summed E-state index contributed by atoms with van der Waals surface area (Å²) in [7, 11) is 0. The van der Waals surface area contributed by atoms with Gasteiger partial charge in [0.2, 0.25) is 0 Å². The van der Waals surface area contributed by atoms with E-state index in [9.17, 15) is 4.79 Å². The number of carbonyl (C=O) groups excluding carboxylic acids is 1. The molecular weight excluding hydrogens is 312 g/mol. The van der Waals surface area contributed by atoms with E-state index < -0.39 is 0 Å². The van der Waals surface area contributed by atoms with Gasteiger partial charge in [-0.15, -0.1) is 0 Å². The van der Waals surface area contributed by atoms with Gasteiger partial charge in [0.05, 0.1) is 5.41 Å². The molecule has 2 saturated heterocycles. The molecule has 0 saturated carbocycles. The molecule has 2 aliphatic heterocycles. The summed E-state index contributed by atoms with van der Waals surface area (Å²) in [6, 6.07) is 10.7. The lowest BCUT2D eigenvalue weighted by Gasteiger charge is -2.36. The monoisotopic (exact) mass is 344 g/mol. The van der Waals surface area contributed by atoms with E-state index in [1.54, 1.807) is 0 Å². The van der Waals surface area contributed by atoms with E-state index in [0.717, 1.165) is 64.8 Å². The van der Waals surface area contributed by atoms with Crippen molar-refractivity contribution in [2.75, 3.05) is 37.6 Å². The second-order valence-electron chi connectivity index (χ2n) is 7.53. The maximum Gasteiger partial charge on any atom is 0.312 e. The first kappa shape index (κ1) is 18.2. The van der Waals surface area contributed by atoms with Gasteiger partial charge < -0.3 is 9.64 Å². The Hall–Kier alpha value is -1.55. The quantitative estimate of drug-likeness (QED) is 0.706. The summed E-state index contributed by atoms with van der Waals surface area (Å²) in [6.07, 6.45) is 4.98. The highest BCUT2D eigenvalue weighted by Crippen LogP contribution is 2.41. The highest BCUT2D eigenvalue weighted by molar-refractivity contribution is 5.78. The summed E-state index contributed by atoms with van der Waals surface area (Å²) in [5.41, 5.74) is 1.13. The van der Waals surface area contributed by atoms with Gasteiger partial charge in [-0.3, -0.25) is 9.69 Å². The van der Waals surface area contributed by atoms with Gasteiger partial charge in [-0.2, -0.15) is 0 Å². The fourth-order valence-corrected chi connectivity index (χ4v) is 4.24. The molecular formula is C21H32N2O2. The molecule has 0 spiro atoms. The minimum Gasteiger partial charge on any atom is -0.462 e. The van der Waals surface area contributed by atoms with Gasteiger partial charge in [0.25, 0.3) is 0 Å². The third-order valence-corrected chi connectivity index (χ3v) is 6.17. The Morgan fingerprint density at radius 2 is 1.76 bits per heavy atom. The van der Waals surface area contributed by atoms with Crippen LogP contribution in [-0.4, -0.2) is 49.7 Å². The van der Waals surface area contributed by atoms with E-state index in [2.05, 4.69) is 54.0 Å². The molecule has 1 aromatic rings. The van der Waals surface area contributed by atoms with Crippen molar-refractivity contribution < 1.29 is 9.53 Å². The zero-order chi connectivity index (χ0) is 17.7. The standard InChI is InChI=1S/C21H32N2O2/c1-3-21(4-2)17-19(25-20(21)24)11-8-12-22-13-15-23(16-14-22)18-9-6-5-7-10-18/h5-7,9-10,19H,3-4,8,11-17H2,1-2H3. The summed E-state index contributed by atoms with van der Waals surface area (Å²) < 4.78 is 5.66. The number of rotatable bonds is 7. The lowest BCUT2D eigenvalue weighted by atomic mass is 9.79. The Balaban J connectivity index is 1.38. The van der Waals surface area contributed by atoms with Crippen LogP contribution in [0.1, 0.15) is 46.0 Å². The summed E-state index contributed by atoms with van der Waals surface area (Å²) in [5.74, 6) is 0.0407. The number of hydrogen-bond donors (Lipinski definition) is 0. The molecule has 0 N–H and O–H groups in total. The Labute approximate surface area is 152 Å². The van der Waals surface area contributed by atoms with Gasteiger partial charge in [0.15, 0.2) is 0 Å². The predicted octanol–water partition coefficient (Wildman–Crippen LogP) is 3.71. The van der Waals surface area contributed by atoms with Crippen molar-refractivity contribution in [3.8, 4) is 0 Å². The fraction of sp³-hybridized carbons (Fsp3) is 0.667. The molecule has 25 heavy (non-hydrogen) atoms. The Bertz CT molecular complexity index is 548. The SMILES string of the molecule is CCC1(CC)CC(CCCN2CCN(c3ccccc3)CC2)OC1=O. The minimum absolute atomic E-state index is 0.0407. The van der Waals surface area contributed by atoms with Crippen LogP contribution >= 0.6 is 0 Å². The topological polar surface area (TPSA) is 32.8 Å². The van der Waals surface area contributed by atoms with Crippen LogP contribution in [0.15, 0.2) is 30.3 Å². The number of anilines is 1. The van der Waals surface area contributed by atoms with Crippen LogP contribution in [0.5, 0.6) is 0 Å². The van der Waals surface area contributed by atoms with Crippen molar-refractivity contribution in [3.05, 3.63) is 30.3 Å². The number of nitrogens with zero attached hydrogens (tertiary/aromatic N) is 2. The summed E-state index contributed by atoms with van der Waals surface area (Å²) in [6.45, 7) is 9.76. The minimum atomic E-state index is -0.202. The largest absolute Gasteiger partial charge is 0.462 e. The van der Waals surface area contributed by atoms with E-state index in [4.69, 9.17) is 4.74 Å². The molecule has 0 bridgehead atoms. The molecule has 1 atom stereocenters. The number of piperazine rings is 1. The predicted molar refractivity (Wildman–Crippen MR) is 102 cm³/mol. The van der Waals surface area contributed by atoms with E-state index in [0.29, 0.717) is 0 Å².